The summed E-state index contributed by atoms with van der Waals surface area (Å²) >= 11 is 3.99. The maximum absolute atomic E-state index is 12.4. The Labute approximate surface area is 290 Å². The highest BCUT2D eigenvalue weighted by Gasteiger charge is 2.17. The monoisotopic (exact) mass is 687 g/mol. The maximum atomic E-state index is 12.4. The van der Waals surface area contributed by atoms with Crippen molar-refractivity contribution in [3.05, 3.63) is 24.3 Å². The quantitative estimate of drug-likeness (QED) is 0.0191. The molecule has 8 nitrogen and oxygen atoms in total. The standard InChI is InChI=1S/C36H65NO7S2/c1-5-8-9-10-11-12-13-14-15-16-17-18-19-20-21-22-25-33(44-36(40)43-30-24-28-37(6-2)7-3)26-23-29-41-34(38)27-31-42-35(39)32(4)46-45/h11-12,14-15,32-33,45H,5-10,13,16-31H2,1-4H3/b12-11-,15-14-. The second kappa shape index (κ2) is 33.3. The second-order valence-corrected chi connectivity index (χ2v) is 13.2. The number of hydrogen-bond acceptors (Lipinski definition) is 10. The van der Waals surface area contributed by atoms with E-state index >= 15 is 0 Å². The Kier molecular flexibility index (Phi) is 32.1. The molecule has 0 aromatic carbocycles. The van der Waals surface area contributed by atoms with Crippen molar-refractivity contribution >= 4 is 40.5 Å². The van der Waals surface area contributed by atoms with Gasteiger partial charge in [-0.3, -0.25) is 9.59 Å². The third-order valence-corrected chi connectivity index (χ3v) is 9.15. The number of carbonyl (C=O) groups is 3. The predicted molar refractivity (Wildman–Crippen MR) is 194 cm³/mol. The Morgan fingerprint density at radius 1 is 0.717 bits per heavy atom. The number of allylic oxidation sites excluding steroid dienone is 4. The SMILES string of the molecule is CCCCC/C=C\C/C=C\CCCCCCCCC(CCCOC(=O)CCOC(=O)C(C)SS)OC(=O)OCCCN(CC)CC. The molecule has 0 aliphatic rings. The summed E-state index contributed by atoms with van der Waals surface area (Å²) in [6.45, 7) is 11.5. The maximum Gasteiger partial charge on any atom is 0.508 e. The van der Waals surface area contributed by atoms with E-state index in [1.165, 1.54) is 51.4 Å². The van der Waals surface area contributed by atoms with Crippen molar-refractivity contribution in [2.75, 3.05) is 39.5 Å². The van der Waals surface area contributed by atoms with Crippen LogP contribution in [0, 0.1) is 0 Å². The van der Waals surface area contributed by atoms with Crippen molar-refractivity contribution in [1.29, 1.82) is 0 Å². The van der Waals surface area contributed by atoms with Gasteiger partial charge in [-0.2, -0.15) is 0 Å². The van der Waals surface area contributed by atoms with Crippen LogP contribution in [0.1, 0.15) is 137 Å². The summed E-state index contributed by atoms with van der Waals surface area (Å²) < 4.78 is 21.4. The third-order valence-electron chi connectivity index (χ3n) is 7.70. The number of hydrogen-bond donors (Lipinski definition) is 1. The number of thiol groups is 1. The first-order chi connectivity index (χ1) is 22.4. The summed E-state index contributed by atoms with van der Waals surface area (Å²) in [7, 11) is 1.09. The Hall–Kier alpha value is -1.65. The van der Waals surface area contributed by atoms with Crippen LogP contribution in [0.4, 0.5) is 4.79 Å². The fourth-order valence-corrected chi connectivity index (χ4v) is 5.15. The van der Waals surface area contributed by atoms with E-state index in [-0.39, 0.29) is 25.7 Å². The van der Waals surface area contributed by atoms with Crippen LogP contribution in [-0.4, -0.2) is 73.8 Å². The van der Waals surface area contributed by atoms with Crippen LogP contribution in [0.3, 0.4) is 0 Å². The molecule has 268 valence electrons. The minimum atomic E-state index is -0.628. The van der Waals surface area contributed by atoms with Crippen LogP contribution in [0.2, 0.25) is 0 Å². The van der Waals surface area contributed by atoms with E-state index in [1.807, 2.05) is 0 Å². The molecule has 0 aliphatic carbocycles. The molecule has 0 saturated heterocycles. The number of ether oxygens (including phenoxy) is 4. The number of carbonyl (C=O) groups excluding carboxylic acids is 3. The van der Waals surface area contributed by atoms with E-state index in [0.717, 1.165) is 69.0 Å². The molecule has 2 unspecified atom stereocenters. The smallest absolute Gasteiger partial charge is 0.466 e. The Bertz CT molecular complexity index is 805. The van der Waals surface area contributed by atoms with Crippen LogP contribution >= 0.6 is 22.5 Å². The van der Waals surface area contributed by atoms with Gasteiger partial charge in [-0.25, -0.2) is 4.79 Å². The second-order valence-electron chi connectivity index (χ2n) is 11.6. The van der Waals surface area contributed by atoms with E-state index in [2.05, 4.69) is 61.6 Å². The van der Waals surface area contributed by atoms with Gasteiger partial charge in [-0.15, -0.1) is 11.7 Å². The molecule has 46 heavy (non-hydrogen) atoms. The normalized spacial score (nSPS) is 12.9. The van der Waals surface area contributed by atoms with Gasteiger partial charge in [0.05, 0.1) is 19.6 Å². The molecular weight excluding hydrogens is 623 g/mol. The van der Waals surface area contributed by atoms with Gasteiger partial charge in [0.2, 0.25) is 0 Å². The molecule has 0 fully saturated rings. The molecule has 10 heteroatoms. The largest absolute Gasteiger partial charge is 0.508 e. The van der Waals surface area contributed by atoms with Gasteiger partial charge in [0, 0.05) is 6.54 Å². The first-order valence-corrected chi connectivity index (χ1v) is 19.8. The van der Waals surface area contributed by atoms with E-state index in [9.17, 15) is 14.4 Å². The predicted octanol–water partition coefficient (Wildman–Crippen LogP) is 9.67. The van der Waals surface area contributed by atoms with Gasteiger partial charge >= 0.3 is 18.1 Å². The molecule has 0 N–H and O–H groups in total. The minimum absolute atomic E-state index is 0.00225. The molecule has 0 aromatic rings. The van der Waals surface area contributed by atoms with Crippen molar-refractivity contribution in [1.82, 2.24) is 4.90 Å². The third kappa shape index (κ3) is 28.6. The molecule has 0 aliphatic heterocycles. The Morgan fingerprint density at radius 3 is 1.98 bits per heavy atom. The van der Waals surface area contributed by atoms with Crippen LogP contribution < -0.4 is 0 Å². The molecular formula is C36H65NO7S2. The number of esters is 2. The van der Waals surface area contributed by atoms with E-state index in [0.29, 0.717) is 19.4 Å². The molecule has 0 bridgehead atoms. The lowest BCUT2D eigenvalue weighted by Gasteiger charge is -2.19. The zero-order chi connectivity index (χ0) is 34.1. The van der Waals surface area contributed by atoms with Crippen molar-refractivity contribution in [2.45, 2.75) is 148 Å². The lowest BCUT2D eigenvalue weighted by Crippen LogP contribution is -2.26. The highest BCUT2D eigenvalue weighted by Crippen LogP contribution is 2.17. The van der Waals surface area contributed by atoms with Crippen molar-refractivity contribution in [3.8, 4) is 0 Å². The molecule has 2 atom stereocenters. The Balaban J connectivity index is 4.32. The van der Waals surface area contributed by atoms with Crippen molar-refractivity contribution < 1.29 is 33.3 Å². The number of unbranched alkanes of at least 4 members (excludes halogenated alkanes) is 9. The summed E-state index contributed by atoms with van der Waals surface area (Å²) in [6.07, 6.45) is 25.1. The molecule has 0 amide bonds. The van der Waals surface area contributed by atoms with Gasteiger partial charge < -0.3 is 23.8 Å². The fraction of sp³-hybridized carbons (Fsp3) is 0.806. The van der Waals surface area contributed by atoms with Crippen LogP contribution in [-0.2, 0) is 28.5 Å². The molecule has 0 spiro atoms. The number of nitrogens with zero attached hydrogens (tertiary/aromatic N) is 1. The molecule has 0 radical (unpaired) electrons. The lowest BCUT2D eigenvalue weighted by molar-refractivity contribution is -0.149. The van der Waals surface area contributed by atoms with Gasteiger partial charge in [0.1, 0.15) is 18.0 Å². The highest BCUT2D eigenvalue weighted by atomic mass is 33.1. The van der Waals surface area contributed by atoms with Crippen LogP contribution in [0.25, 0.3) is 0 Å². The minimum Gasteiger partial charge on any atom is -0.466 e. The van der Waals surface area contributed by atoms with Crippen molar-refractivity contribution in [3.63, 3.8) is 0 Å². The summed E-state index contributed by atoms with van der Waals surface area (Å²) in [5.41, 5.74) is 0. The summed E-state index contributed by atoms with van der Waals surface area (Å²) in [6, 6.07) is 0. The molecule has 0 heterocycles. The van der Waals surface area contributed by atoms with E-state index < -0.39 is 23.3 Å². The van der Waals surface area contributed by atoms with Crippen LogP contribution in [0.15, 0.2) is 24.3 Å². The average molecular weight is 688 g/mol. The van der Waals surface area contributed by atoms with Crippen LogP contribution in [0.5, 0.6) is 0 Å². The first-order valence-electron chi connectivity index (χ1n) is 17.9. The molecule has 0 rings (SSSR count). The summed E-state index contributed by atoms with van der Waals surface area (Å²) in [4.78, 5) is 38.4. The van der Waals surface area contributed by atoms with Crippen molar-refractivity contribution in [2.24, 2.45) is 0 Å². The Morgan fingerprint density at radius 2 is 1.33 bits per heavy atom. The summed E-state index contributed by atoms with van der Waals surface area (Å²) in [5.74, 6) is -0.828. The van der Waals surface area contributed by atoms with E-state index in [4.69, 9.17) is 18.9 Å². The highest BCUT2D eigenvalue weighted by molar-refractivity contribution is 8.69. The van der Waals surface area contributed by atoms with Gasteiger partial charge in [-0.1, -0.05) is 94.4 Å². The molecule has 0 saturated carbocycles. The average Bonchev–Trinajstić information content (AvgIpc) is 3.05. The lowest BCUT2D eigenvalue weighted by atomic mass is 10.0. The van der Waals surface area contributed by atoms with Gasteiger partial charge in [0.15, 0.2) is 0 Å². The fourth-order valence-electron chi connectivity index (χ4n) is 4.74. The molecule has 0 aromatic heterocycles. The van der Waals surface area contributed by atoms with Gasteiger partial charge in [-0.05, 0) is 84.2 Å². The van der Waals surface area contributed by atoms with E-state index in [1.54, 1.807) is 6.92 Å². The first kappa shape index (κ1) is 44.4. The number of rotatable bonds is 31. The zero-order valence-corrected chi connectivity index (χ0v) is 31.1. The van der Waals surface area contributed by atoms with Gasteiger partial charge in [0.25, 0.3) is 0 Å². The summed E-state index contributed by atoms with van der Waals surface area (Å²) in [5, 5.41) is -0.393. The zero-order valence-electron chi connectivity index (χ0n) is 29.4. The topological polar surface area (TPSA) is 91.4 Å².